The number of unbranched alkanes of at least 4 members (excludes halogenated alkanes) is 25. The van der Waals surface area contributed by atoms with Crippen molar-refractivity contribution in [3.05, 3.63) is 36.5 Å². The fourth-order valence-corrected chi connectivity index (χ4v) is 7.10. The molecule has 5 N–H and O–H groups in total. The fraction of sp³-hybridized carbons (Fsp3) is 0.841. The first-order valence-electron chi connectivity index (χ1n) is 22.1. The van der Waals surface area contributed by atoms with E-state index in [1.54, 1.807) is 6.08 Å². The topological polar surface area (TPSA) is 131 Å². The number of nitrogens with two attached hydrogens (primary N) is 1. The standard InChI is InChI=1S/C44H85N2O6P/c1-3-5-7-9-11-13-15-17-19-21-23-25-27-29-31-33-35-37-43(47)42(41-52-53(49,50)51-40-39-45)46-44(48)38-36-34-32-30-28-26-24-22-20-18-16-14-12-10-8-6-4-2/h12,14,18,20,35,37,42-43,47H,3-11,13,15-17,19,21-34,36,38-41,45H2,1-2H3,(H,46,48)(H,49,50)/b14-12-,20-18-,37-35+. The number of nitrogens with one attached hydrogen (secondary N) is 1. The van der Waals surface area contributed by atoms with E-state index in [9.17, 15) is 19.4 Å². The Labute approximate surface area is 327 Å². The summed E-state index contributed by atoms with van der Waals surface area (Å²) >= 11 is 0. The predicted molar refractivity (Wildman–Crippen MR) is 226 cm³/mol. The second-order valence-electron chi connectivity index (χ2n) is 14.9. The van der Waals surface area contributed by atoms with E-state index in [4.69, 9.17) is 14.8 Å². The molecular weight excluding hydrogens is 683 g/mol. The average molecular weight is 769 g/mol. The van der Waals surface area contributed by atoms with Gasteiger partial charge in [-0.2, -0.15) is 0 Å². The van der Waals surface area contributed by atoms with E-state index in [1.807, 2.05) is 6.08 Å². The van der Waals surface area contributed by atoms with Crippen molar-refractivity contribution in [3.63, 3.8) is 0 Å². The maximum absolute atomic E-state index is 12.8. The van der Waals surface area contributed by atoms with Crippen LogP contribution in [0.4, 0.5) is 0 Å². The molecule has 0 spiro atoms. The lowest BCUT2D eigenvalue weighted by atomic mass is 10.0. The number of hydrogen-bond donors (Lipinski definition) is 4. The summed E-state index contributed by atoms with van der Waals surface area (Å²) < 4.78 is 22.1. The fourth-order valence-electron chi connectivity index (χ4n) is 6.34. The molecule has 8 nitrogen and oxygen atoms in total. The van der Waals surface area contributed by atoms with E-state index in [2.05, 4.69) is 43.5 Å². The monoisotopic (exact) mass is 769 g/mol. The molecule has 0 bridgehead atoms. The minimum atomic E-state index is -4.34. The van der Waals surface area contributed by atoms with Gasteiger partial charge in [-0.25, -0.2) is 4.57 Å². The molecule has 0 aliphatic heterocycles. The number of hydrogen-bond acceptors (Lipinski definition) is 6. The van der Waals surface area contributed by atoms with Crippen LogP contribution in [0.5, 0.6) is 0 Å². The summed E-state index contributed by atoms with van der Waals surface area (Å²) in [6.07, 6.45) is 47.6. The maximum Gasteiger partial charge on any atom is 0.472 e. The Morgan fingerprint density at radius 2 is 1.04 bits per heavy atom. The Balaban J connectivity index is 4.23. The van der Waals surface area contributed by atoms with Crippen LogP contribution in [0.3, 0.4) is 0 Å². The molecule has 0 saturated heterocycles. The van der Waals surface area contributed by atoms with Gasteiger partial charge in [0.25, 0.3) is 0 Å². The van der Waals surface area contributed by atoms with E-state index in [0.717, 1.165) is 51.4 Å². The smallest absolute Gasteiger partial charge is 0.387 e. The van der Waals surface area contributed by atoms with E-state index >= 15 is 0 Å². The molecule has 0 saturated carbocycles. The first-order chi connectivity index (χ1) is 25.9. The van der Waals surface area contributed by atoms with Crippen LogP contribution in [0.15, 0.2) is 36.5 Å². The number of phosphoric acid groups is 1. The molecule has 3 atom stereocenters. The summed E-state index contributed by atoms with van der Waals surface area (Å²) in [5.74, 6) is -0.202. The molecule has 0 aliphatic carbocycles. The largest absolute Gasteiger partial charge is 0.472 e. The number of amides is 1. The number of aliphatic hydroxyl groups is 1. The highest BCUT2D eigenvalue weighted by Crippen LogP contribution is 2.43. The van der Waals surface area contributed by atoms with Crippen molar-refractivity contribution >= 4 is 13.7 Å². The molecule has 0 aromatic heterocycles. The maximum atomic E-state index is 12.8. The Morgan fingerprint density at radius 1 is 0.623 bits per heavy atom. The summed E-state index contributed by atoms with van der Waals surface area (Å²) in [5, 5.41) is 13.7. The third kappa shape index (κ3) is 38.8. The minimum Gasteiger partial charge on any atom is -0.387 e. The summed E-state index contributed by atoms with van der Waals surface area (Å²) in [6, 6.07) is -0.863. The molecule has 0 aromatic carbocycles. The van der Waals surface area contributed by atoms with Gasteiger partial charge in [0.15, 0.2) is 0 Å². The molecule has 312 valence electrons. The SMILES string of the molecule is CCCCC/C=C\C/C=C\CCCCCCCCCC(=O)NC(COP(=O)(O)OCCN)C(O)/C=C/CCCCCCCCCCCCCCCCC. The van der Waals surface area contributed by atoms with Gasteiger partial charge in [0.2, 0.25) is 5.91 Å². The van der Waals surface area contributed by atoms with Crippen molar-refractivity contribution in [1.82, 2.24) is 5.32 Å². The first-order valence-corrected chi connectivity index (χ1v) is 23.6. The number of phosphoric ester groups is 1. The number of aliphatic hydroxyl groups excluding tert-OH is 1. The highest BCUT2D eigenvalue weighted by Gasteiger charge is 2.26. The van der Waals surface area contributed by atoms with Gasteiger partial charge >= 0.3 is 7.82 Å². The third-order valence-corrected chi connectivity index (χ3v) is 10.7. The van der Waals surface area contributed by atoms with Crippen molar-refractivity contribution in [1.29, 1.82) is 0 Å². The molecular formula is C44H85N2O6P. The van der Waals surface area contributed by atoms with Crippen LogP contribution in [-0.4, -0.2) is 47.8 Å². The lowest BCUT2D eigenvalue weighted by Crippen LogP contribution is -2.45. The van der Waals surface area contributed by atoms with Crippen LogP contribution in [-0.2, 0) is 18.4 Å². The second-order valence-corrected chi connectivity index (χ2v) is 16.4. The zero-order valence-electron chi connectivity index (χ0n) is 34.5. The number of allylic oxidation sites excluding steroid dienone is 5. The van der Waals surface area contributed by atoms with Crippen molar-refractivity contribution in [2.45, 2.75) is 219 Å². The summed E-state index contributed by atoms with van der Waals surface area (Å²) in [7, 11) is -4.34. The van der Waals surface area contributed by atoms with Crippen LogP contribution in [0.1, 0.15) is 206 Å². The Hall–Kier alpha value is -1.28. The summed E-state index contributed by atoms with van der Waals surface area (Å²) in [6.45, 7) is 4.11. The van der Waals surface area contributed by atoms with Gasteiger partial charge < -0.3 is 21.1 Å². The molecule has 0 heterocycles. The zero-order chi connectivity index (χ0) is 38.9. The predicted octanol–water partition coefficient (Wildman–Crippen LogP) is 12.3. The Kier molecular flexibility index (Phi) is 39.4. The van der Waals surface area contributed by atoms with Crippen molar-refractivity contribution in [3.8, 4) is 0 Å². The normalized spacial score (nSPS) is 14.4. The van der Waals surface area contributed by atoms with E-state index < -0.39 is 20.0 Å². The molecule has 0 rings (SSSR count). The van der Waals surface area contributed by atoms with Gasteiger partial charge in [0.1, 0.15) is 0 Å². The van der Waals surface area contributed by atoms with E-state index in [0.29, 0.717) is 6.42 Å². The molecule has 0 radical (unpaired) electrons. The molecule has 3 unspecified atom stereocenters. The molecule has 53 heavy (non-hydrogen) atoms. The van der Waals surface area contributed by atoms with Crippen LogP contribution in [0.2, 0.25) is 0 Å². The summed E-state index contributed by atoms with van der Waals surface area (Å²) in [5.41, 5.74) is 5.37. The molecule has 9 heteroatoms. The molecule has 0 fully saturated rings. The molecule has 0 aliphatic rings. The highest BCUT2D eigenvalue weighted by molar-refractivity contribution is 7.47. The van der Waals surface area contributed by atoms with Crippen LogP contribution in [0, 0.1) is 0 Å². The van der Waals surface area contributed by atoms with Crippen molar-refractivity contribution in [2.24, 2.45) is 5.73 Å². The minimum absolute atomic E-state index is 0.0768. The van der Waals surface area contributed by atoms with E-state index in [-0.39, 0.29) is 25.7 Å². The third-order valence-electron chi connectivity index (χ3n) is 9.71. The summed E-state index contributed by atoms with van der Waals surface area (Å²) in [4.78, 5) is 22.7. The van der Waals surface area contributed by atoms with E-state index in [1.165, 1.54) is 135 Å². The van der Waals surface area contributed by atoms with Crippen LogP contribution in [0.25, 0.3) is 0 Å². The van der Waals surface area contributed by atoms with Gasteiger partial charge in [-0.3, -0.25) is 13.8 Å². The van der Waals surface area contributed by atoms with Crippen molar-refractivity contribution < 1.29 is 28.4 Å². The highest BCUT2D eigenvalue weighted by atomic mass is 31.2. The Bertz CT molecular complexity index is 928. The Morgan fingerprint density at radius 3 is 1.53 bits per heavy atom. The number of carbonyl (C=O) groups is 1. The van der Waals surface area contributed by atoms with Crippen molar-refractivity contribution in [2.75, 3.05) is 19.8 Å². The second kappa shape index (κ2) is 40.4. The lowest BCUT2D eigenvalue weighted by molar-refractivity contribution is -0.123. The number of rotatable bonds is 41. The van der Waals surface area contributed by atoms with Gasteiger partial charge in [-0.05, 0) is 51.4 Å². The first kappa shape index (κ1) is 51.7. The van der Waals surface area contributed by atoms with Gasteiger partial charge in [0, 0.05) is 13.0 Å². The van der Waals surface area contributed by atoms with Crippen LogP contribution >= 0.6 is 7.82 Å². The molecule has 0 aromatic rings. The van der Waals surface area contributed by atoms with Gasteiger partial charge in [-0.15, -0.1) is 0 Å². The number of carbonyl (C=O) groups excluding carboxylic acids is 1. The zero-order valence-corrected chi connectivity index (χ0v) is 35.4. The quantitative estimate of drug-likeness (QED) is 0.0277. The lowest BCUT2D eigenvalue weighted by Gasteiger charge is -2.23. The van der Waals surface area contributed by atoms with Crippen LogP contribution < -0.4 is 11.1 Å². The van der Waals surface area contributed by atoms with Gasteiger partial charge in [0.05, 0.1) is 25.4 Å². The average Bonchev–Trinajstić information content (AvgIpc) is 3.14. The van der Waals surface area contributed by atoms with Gasteiger partial charge in [-0.1, -0.05) is 185 Å². The molecule has 1 amide bonds.